The predicted molar refractivity (Wildman–Crippen MR) is 121 cm³/mol. The second-order valence-electron chi connectivity index (χ2n) is 8.03. The first kappa shape index (κ1) is 21.5. The van der Waals surface area contributed by atoms with E-state index in [4.69, 9.17) is 0 Å². The molecule has 32 heavy (non-hydrogen) atoms. The van der Waals surface area contributed by atoms with Crippen LogP contribution in [0, 0.1) is 5.92 Å². The van der Waals surface area contributed by atoms with Gasteiger partial charge in [-0.2, -0.15) is 0 Å². The Balaban J connectivity index is 1.64. The molecule has 0 spiro atoms. The number of amides is 2. The first-order valence-corrected chi connectivity index (χ1v) is 10.9. The van der Waals surface area contributed by atoms with Gasteiger partial charge in [-0.3, -0.25) is 14.6 Å². The first-order chi connectivity index (χ1) is 15.6. The molecular weight excluding hydrogens is 406 g/mol. The molecule has 2 heterocycles. The highest BCUT2D eigenvalue weighted by Crippen LogP contribution is 2.27. The summed E-state index contributed by atoms with van der Waals surface area (Å²) in [5, 5.41) is 6.01. The topological polar surface area (TPSA) is 102 Å². The van der Waals surface area contributed by atoms with E-state index in [0.29, 0.717) is 26.1 Å². The molecule has 0 aliphatic carbocycles. The highest BCUT2D eigenvalue weighted by molar-refractivity contribution is 5.91. The van der Waals surface area contributed by atoms with Crippen molar-refractivity contribution in [2.75, 3.05) is 26.2 Å². The number of hydrogen-bond acceptors (Lipinski definition) is 4. The molecule has 3 aromatic rings. The lowest BCUT2D eigenvalue weighted by Crippen LogP contribution is -2.38. The largest absolute Gasteiger partial charge is 0.341 e. The summed E-state index contributed by atoms with van der Waals surface area (Å²) >= 11 is 0. The van der Waals surface area contributed by atoms with Crippen molar-refractivity contribution in [3.63, 3.8) is 0 Å². The highest BCUT2D eigenvalue weighted by Gasteiger charge is 2.33. The first-order valence-electron chi connectivity index (χ1n) is 10.9. The smallest absolute Gasteiger partial charge is 0.341 e. The fraction of sp³-hybridized carbons (Fsp3) is 0.333. The summed E-state index contributed by atoms with van der Waals surface area (Å²) in [6.45, 7) is 3.82. The molecule has 2 amide bonds. The van der Waals surface area contributed by atoms with Crippen LogP contribution in [0.15, 0.2) is 59.4 Å². The maximum Gasteiger partial charge on any atom is 0.341 e. The molecule has 1 aliphatic heterocycles. The Morgan fingerprint density at radius 2 is 1.81 bits per heavy atom. The standard InChI is InChI=1S/C24H27N5O3/c1-2-12-28-13-14-29(23(31)21-25-24(32)27-26-21)16-19(22(28)30)15-18-10-6-7-11-20(18)17-8-4-3-5-9-17/h3-11,19H,2,12-16H2,1H3,(H2,25,26,27,32)/t19-/m1/s1. The maximum atomic E-state index is 13.4. The number of benzene rings is 2. The zero-order valence-electron chi connectivity index (χ0n) is 18.1. The van der Waals surface area contributed by atoms with Crippen molar-refractivity contribution in [2.45, 2.75) is 19.8 Å². The molecule has 1 atom stereocenters. The van der Waals surface area contributed by atoms with Crippen molar-refractivity contribution in [1.82, 2.24) is 25.0 Å². The Kier molecular flexibility index (Phi) is 6.49. The van der Waals surface area contributed by atoms with Gasteiger partial charge >= 0.3 is 5.69 Å². The van der Waals surface area contributed by atoms with Crippen LogP contribution >= 0.6 is 0 Å². The Hall–Kier alpha value is -3.68. The molecule has 1 fully saturated rings. The Bertz CT molecular complexity index is 1140. The van der Waals surface area contributed by atoms with Gasteiger partial charge in [0.05, 0.1) is 5.92 Å². The van der Waals surface area contributed by atoms with Gasteiger partial charge in [0.1, 0.15) is 0 Å². The third-order valence-electron chi connectivity index (χ3n) is 5.79. The third-order valence-corrected chi connectivity index (χ3v) is 5.79. The van der Waals surface area contributed by atoms with Gasteiger partial charge in [-0.25, -0.2) is 9.89 Å². The van der Waals surface area contributed by atoms with Crippen LogP contribution in [0.2, 0.25) is 0 Å². The molecule has 1 aromatic heterocycles. The van der Waals surface area contributed by atoms with Crippen LogP contribution in [0.3, 0.4) is 0 Å². The van der Waals surface area contributed by atoms with E-state index in [1.54, 1.807) is 4.90 Å². The minimum atomic E-state index is -0.528. The van der Waals surface area contributed by atoms with Crippen LogP contribution in [0.5, 0.6) is 0 Å². The average molecular weight is 434 g/mol. The molecule has 8 heteroatoms. The number of H-pyrrole nitrogens is 2. The van der Waals surface area contributed by atoms with Crippen molar-refractivity contribution >= 4 is 11.8 Å². The van der Waals surface area contributed by atoms with E-state index in [2.05, 4.69) is 33.4 Å². The maximum absolute atomic E-state index is 13.4. The lowest BCUT2D eigenvalue weighted by atomic mass is 9.91. The summed E-state index contributed by atoms with van der Waals surface area (Å²) in [6.07, 6.45) is 1.37. The van der Waals surface area contributed by atoms with E-state index in [0.717, 1.165) is 23.1 Å². The Morgan fingerprint density at radius 3 is 2.53 bits per heavy atom. The van der Waals surface area contributed by atoms with Gasteiger partial charge in [0, 0.05) is 26.2 Å². The summed E-state index contributed by atoms with van der Waals surface area (Å²) in [6, 6.07) is 18.2. The van der Waals surface area contributed by atoms with Gasteiger partial charge < -0.3 is 9.80 Å². The molecule has 0 bridgehead atoms. The fourth-order valence-electron chi connectivity index (χ4n) is 4.26. The second-order valence-corrected chi connectivity index (χ2v) is 8.03. The normalized spacial score (nSPS) is 16.8. The number of nitrogens with one attached hydrogen (secondary N) is 2. The minimum Gasteiger partial charge on any atom is -0.341 e. The van der Waals surface area contributed by atoms with Gasteiger partial charge in [0.25, 0.3) is 5.91 Å². The number of aromatic nitrogens is 3. The third kappa shape index (κ3) is 4.64. The number of aromatic amines is 2. The van der Waals surface area contributed by atoms with E-state index in [1.165, 1.54) is 0 Å². The fourth-order valence-corrected chi connectivity index (χ4v) is 4.26. The van der Waals surface area contributed by atoms with Gasteiger partial charge in [-0.15, -0.1) is 5.10 Å². The lowest BCUT2D eigenvalue weighted by molar-refractivity contribution is -0.134. The quantitative estimate of drug-likeness (QED) is 0.623. The summed E-state index contributed by atoms with van der Waals surface area (Å²) in [4.78, 5) is 43.7. The van der Waals surface area contributed by atoms with Crippen LogP contribution < -0.4 is 5.69 Å². The monoisotopic (exact) mass is 433 g/mol. The van der Waals surface area contributed by atoms with Gasteiger partial charge in [-0.05, 0) is 29.5 Å². The van der Waals surface area contributed by atoms with E-state index < -0.39 is 5.69 Å². The van der Waals surface area contributed by atoms with Crippen LogP contribution in [0.1, 0.15) is 29.5 Å². The van der Waals surface area contributed by atoms with E-state index in [9.17, 15) is 14.4 Å². The zero-order valence-corrected chi connectivity index (χ0v) is 18.1. The van der Waals surface area contributed by atoms with E-state index in [-0.39, 0.29) is 30.1 Å². The molecule has 166 valence electrons. The molecule has 0 unspecified atom stereocenters. The van der Waals surface area contributed by atoms with Crippen LogP contribution in [-0.2, 0) is 11.2 Å². The molecule has 2 aromatic carbocycles. The minimum absolute atomic E-state index is 0.0326. The molecule has 8 nitrogen and oxygen atoms in total. The summed E-state index contributed by atoms with van der Waals surface area (Å²) < 4.78 is 0. The predicted octanol–water partition coefficient (Wildman–Crippen LogP) is 2.32. The molecule has 4 rings (SSSR count). The number of carbonyl (C=O) groups is 2. The highest BCUT2D eigenvalue weighted by atomic mass is 16.2. The van der Waals surface area contributed by atoms with Crippen molar-refractivity contribution in [3.8, 4) is 11.1 Å². The van der Waals surface area contributed by atoms with Crippen molar-refractivity contribution in [1.29, 1.82) is 0 Å². The van der Waals surface area contributed by atoms with Gasteiger partial charge in [0.15, 0.2) is 0 Å². The number of rotatable bonds is 6. The molecule has 1 saturated heterocycles. The van der Waals surface area contributed by atoms with Crippen molar-refractivity contribution in [2.24, 2.45) is 5.92 Å². The molecule has 0 radical (unpaired) electrons. The summed E-state index contributed by atoms with van der Waals surface area (Å²) in [5.74, 6) is -0.741. The molecule has 2 N–H and O–H groups in total. The average Bonchev–Trinajstić information content (AvgIpc) is 3.20. The number of nitrogens with zero attached hydrogens (tertiary/aromatic N) is 3. The SMILES string of the molecule is CCCN1CCN(C(=O)c2n[nH]c(=O)[nH]2)C[C@@H](Cc2ccccc2-c2ccccc2)C1=O. The zero-order chi connectivity index (χ0) is 22.5. The molecule has 0 saturated carbocycles. The Morgan fingerprint density at radius 1 is 1.06 bits per heavy atom. The second kappa shape index (κ2) is 9.64. The van der Waals surface area contributed by atoms with Crippen molar-refractivity contribution < 1.29 is 9.59 Å². The van der Waals surface area contributed by atoms with Crippen LogP contribution in [0.4, 0.5) is 0 Å². The Labute approximate surface area is 186 Å². The summed E-state index contributed by atoms with van der Waals surface area (Å²) in [7, 11) is 0. The van der Waals surface area contributed by atoms with Gasteiger partial charge in [0.2, 0.25) is 11.7 Å². The van der Waals surface area contributed by atoms with E-state index >= 15 is 0 Å². The molecule has 1 aliphatic rings. The number of hydrogen-bond donors (Lipinski definition) is 2. The van der Waals surface area contributed by atoms with Crippen LogP contribution in [0.25, 0.3) is 11.1 Å². The number of carbonyl (C=O) groups excluding carboxylic acids is 2. The van der Waals surface area contributed by atoms with E-state index in [1.807, 2.05) is 48.2 Å². The van der Waals surface area contributed by atoms with Gasteiger partial charge in [-0.1, -0.05) is 61.5 Å². The lowest BCUT2D eigenvalue weighted by Gasteiger charge is -2.24. The van der Waals surface area contributed by atoms with Crippen molar-refractivity contribution in [3.05, 3.63) is 76.5 Å². The van der Waals surface area contributed by atoms with Crippen LogP contribution in [-0.4, -0.2) is 63.0 Å². The summed E-state index contributed by atoms with van der Waals surface area (Å²) in [5.41, 5.74) is 2.72. The molecular formula is C24H27N5O3.